The molecule has 6 nitrogen and oxygen atoms in total. The fraction of sp³-hybridized carbons (Fsp3) is 0. The second kappa shape index (κ2) is 8.77. The van der Waals surface area contributed by atoms with Crippen molar-refractivity contribution < 1.29 is 18.0 Å². The van der Waals surface area contributed by atoms with Crippen LogP contribution in [0.5, 0.6) is 0 Å². The van der Waals surface area contributed by atoms with Gasteiger partial charge < -0.3 is 11.5 Å². The molecule has 138 valence electrons. The van der Waals surface area contributed by atoms with Crippen molar-refractivity contribution in [3.05, 3.63) is 96.1 Å². The van der Waals surface area contributed by atoms with Gasteiger partial charge >= 0.3 is 0 Å². The van der Waals surface area contributed by atoms with Gasteiger partial charge in [0.05, 0.1) is 9.79 Å². The summed E-state index contributed by atoms with van der Waals surface area (Å²) in [4.78, 5) is 21.8. The number of primary amides is 2. The van der Waals surface area contributed by atoms with Crippen LogP contribution in [0.2, 0.25) is 0 Å². The SMILES string of the molecule is NC(=O)c1ccc(C(N)=O)cc1.O=S(=O)(c1ccccc1)c1ccccc1. The highest BCUT2D eigenvalue weighted by Crippen LogP contribution is 2.19. The maximum Gasteiger partial charge on any atom is 0.248 e. The number of nitrogens with two attached hydrogens (primary N) is 2. The van der Waals surface area contributed by atoms with Gasteiger partial charge in [-0.25, -0.2) is 8.42 Å². The van der Waals surface area contributed by atoms with Crippen LogP contribution < -0.4 is 11.5 Å². The standard InChI is InChI=1S/C12H10O2S.C8H8N2O2/c13-15(14,11-7-3-1-4-8-11)12-9-5-2-6-10-12;9-7(11)5-1-2-6(4-3-5)8(10)12/h1-10H;1-4H,(H2,9,11)(H2,10,12). The number of rotatable bonds is 4. The van der Waals surface area contributed by atoms with Crippen LogP contribution in [-0.4, -0.2) is 20.2 Å². The Kier molecular flexibility index (Phi) is 6.46. The van der Waals surface area contributed by atoms with Gasteiger partial charge in [-0.2, -0.15) is 0 Å². The highest BCUT2D eigenvalue weighted by Gasteiger charge is 2.15. The van der Waals surface area contributed by atoms with Gasteiger partial charge in [0.1, 0.15) is 0 Å². The zero-order chi connectivity index (χ0) is 19.9. The van der Waals surface area contributed by atoms with Crippen molar-refractivity contribution in [1.29, 1.82) is 0 Å². The molecule has 3 aromatic rings. The normalized spacial score (nSPS) is 10.4. The first-order chi connectivity index (χ1) is 12.8. The molecular weight excluding hydrogens is 364 g/mol. The summed E-state index contributed by atoms with van der Waals surface area (Å²) in [7, 11) is -3.34. The van der Waals surface area contributed by atoms with E-state index in [-0.39, 0.29) is 0 Å². The Hall–Kier alpha value is -3.45. The van der Waals surface area contributed by atoms with Crippen molar-refractivity contribution in [2.75, 3.05) is 0 Å². The van der Waals surface area contributed by atoms with E-state index >= 15 is 0 Å². The molecule has 3 rings (SSSR count). The Morgan fingerprint density at radius 1 is 0.556 bits per heavy atom. The zero-order valence-corrected chi connectivity index (χ0v) is 15.1. The highest BCUT2D eigenvalue weighted by atomic mass is 32.2. The smallest absolute Gasteiger partial charge is 0.248 e. The fourth-order valence-electron chi connectivity index (χ4n) is 2.13. The van der Waals surface area contributed by atoms with Crippen molar-refractivity contribution in [3.63, 3.8) is 0 Å². The summed E-state index contributed by atoms with van der Waals surface area (Å²) in [5.74, 6) is -1.04. The zero-order valence-electron chi connectivity index (χ0n) is 14.3. The number of sulfone groups is 1. The molecule has 0 radical (unpaired) electrons. The van der Waals surface area contributed by atoms with Crippen LogP contribution >= 0.6 is 0 Å². The quantitative estimate of drug-likeness (QED) is 0.720. The van der Waals surface area contributed by atoms with E-state index in [9.17, 15) is 18.0 Å². The molecule has 0 heterocycles. The highest BCUT2D eigenvalue weighted by molar-refractivity contribution is 7.91. The summed E-state index contributed by atoms with van der Waals surface area (Å²) in [5.41, 5.74) is 10.7. The Morgan fingerprint density at radius 3 is 1.11 bits per heavy atom. The van der Waals surface area contributed by atoms with Gasteiger partial charge in [-0.3, -0.25) is 9.59 Å². The van der Waals surface area contributed by atoms with Gasteiger partial charge in [-0.05, 0) is 48.5 Å². The van der Waals surface area contributed by atoms with E-state index in [1.807, 2.05) is 0 Å². The van der Waals surface area contributed by atoms with E-state index in [0.717, 1.165) is 0 Å². The van der Waals surface area contributed by atoms with Crippen molar-refractivity contribution in [2.24, 2.45) is 11.5 Å². The number of carbonyl (C=O) groups is 2. The molecule has 0 aliphatic rings. The molecule has 7 heteroatoms. The minimum Gasteiger partial charge on any atom is -0.366 e. The number of hydrogen-bond donors (Lipinski definition) is 2. The second-order valence-electron chi connectivity index (χ2n) is 5.44. The molecule has 3 aromatic carbocycles. The number of hydrogen-bond acceptors (Lipinski definition) is 4. The lowest BCUT2D eigenvalue weighted by atomic mass is 10.1. The summed E-state index contributed by atoms with van der Waals surface area (Å²) in [6.07, 6.45) is 0. The molecule has 0 saturated carbocycles. The van der Waals surface area contributed by atoms with Gasteiger partial charge in [-0.1, -0.05) is 36.4 Å². The Balaban J connectivity index is 0.000000199. The third-order valence-electron chi connectivity index (χ3n) is 3.56. The van der Waals surface area contributed by atoms with Crippen molar-refractivity contribution in [3.8, 4) is 0 Å². The first-order valence-electron chi connectivity index (χ1n) is 7.87. The molecule has 0 saturated heterocycles. The molecule has 0 spiro atoms. The van der Waals surface area contributed by atoms with E-state index < -0.39 is 21.7 Å². The monoisotopic (exact) mass is 382 g/mol. The van der Waals surface area contributed by atoms with E-state index in [1.165, 1.54) is 24.3 Å². The van der Waals surface area contributed by atoms with Crippen LogP contribution in [0, 0.1) is 0 Å². The topological polar surface area (TPSA) is 120 Å². The molecule has 4 N–H and O–H groups in total. The third-order valence-corrected chi connectivity index (χ3v) is 5.35. The molecule has 27 heavy (non-hydrogen) atoms. The number of carbonyl (C=O) groups excluding carboxylic acids is 2. The minimum absolute atomic E-state index is 0.330. The summed E-state index contributed by atoms with van der Waals surface area (Å²) in [5, 5.41) is 0. The molecule has 0 atom stereocenters. The van der Waals surface area contributed by atoms with Crippen LogP contribution in [0.15, 0.2) is 94.7 Å². The van der Waals surface area contributed by atoms with E-state index in [2.05, 4.69) is 0 Å². The van der Waals surface area contributed by atoms with Crippen LogP contribution in [-0.2, 0) is 9.84 Å². The summed E-state index contributed by atoms with van der Waals surface area (Å²) in [6.45, 7) is 0. The van der Waals surface area contributed by atoms with Crippen LogP contribution in [0.1, 0.15) is 20.7 Å². The molecule has 0 bridgehead atoms. The Labute approximate surface area is 157 Å². The second-order valence-corrected chi connectivity index (χ2v) is 7.39. The minimum atomic E-state index is -3.34. The summed E-state index contributed by atoms with van der Waals surface area (Å²) in [6, 6.07) is 22.7. The summed E-state index contributed by atoms with van der Waals surface area (Å²) < 4.78 is 24.1. The predicted octanol–water partition coefficient (Wildman–Crippen LogP) is 2.40. The predicted molar refractivity (Wildman–Crippen MR) is 102 cm³/mol. The van der Waals surface area contributed by atoms with E-state index in [4.69, 9.17) is 11.5 Å². The number of amides is 2. The summed E-state index contributed by atoms with van der Waals surface area (Å²) >= 11 is 0. The third kappa shape index (κ3) is 5.26. The van der Waals surface area contributed by atoms with Gasteiger partial charge in [-0.15, -0.1) is 0 Å². The molecule has 0 fully saturated rings. The largest absolute Gasteiger partial charge is 0.366 e. The molecule has 2 amide bonds. The maximum atomic E-state index is 12.0. The Morgan fingerprint density at radius 2 is 0.852 bits per heavy atom. The molecule has 0 unspecified atom stereocenters. The van der Waals surface area contributed by atoms with Gasteiger partial charge in [0.2, 0.25) is 21.7 Å². The molecule has 0 aliphatic carbocycles. The van der Waals surface area contributed by atoms with E-state index in [0.29, 0.717) is 20.9 Å². The average molecular weight is 382 g/mol. The van der Waals surface area contributed by atoms with Gasteiger partial charge in [0.25, 0.3) is 0 Å². The average Bonchev–Trinajstić information content (AvgIpc) is 2.70. The van der Waals surface area contributed by atoms with Gasteiger partial charge in [0, 0.05) is 11.1 Å². The molecule has 0 aromatic heterocycles. The van der Waals surface area contributed by atoms with E-state index in [1.54, 1.807) is 60.7 Å². The fourth-order valence-corrected chi connectivity index (χ4v) is 3.44. The lowest BCUT2D eigenvalue weighted by Crippen LogP contribution is -2.13. The van der Waals surface area contributed by atoms with Crippen LogP contribution in [0.25, 0.3) is 0 Å². The van der Waals surface area contributed by atoms with Crippen LogP contribution in [0.4, 0.5) is 0 Å². The molecule has 0 aliphatic heterocycles. The van der Waals surface area contributed by atoms with Crippen molar-refractivity contribution >= 4 is 21.7 Å². The maximum absolute atomic E-state index is 12.0. The first-order valence-corrected chi connectivity index (χ1v) is 9.35. The van der Waals surface area contributed by atoms with Gasteiger partial charge in [0.15, 0.2) is 0 Å². The lowest BCUT2D eigenvalue weighted by Gasteiger charge is -2.03. The van der Waals surface area contributed by atoms with Crippen molar-refractivity contribution in [1.82, 2.24) is 0 Å². The van der Waals surface area contributed by atoms with Crippen LogP contribution in [0.3, 0.4) is 0 Å². The Bertz CT molecular complexity index is 938. The number of benzene rings is 3. The lowest BCUT2D eigenvalue weighted by molar-refractivity contribution is 0.0988. The molecular formula is C20H18N2O4S. The van der Waals surface area contributed by atoms with Crippen molar-refractivity contribution in [2.45, 2.75) is 9.79 Å². The first kappa shape index (κ1) is 19.9.